The van der Waals surface area contributed by atoms with Crippen molar-refractivity contribution in [2.45, 2.75) is 96.3 Å². The van der Waals surface area contributed by atoms with Crippen LogP contribution in [-0.2, 0) is 21.6 Å². The van der Waals surface area contributed by atoms with E-state index in [0.717, 1.165) is 61.2 Å². The normalized spacial score (nSPS) is 17.2. The van der Waals surface area contributed by atoms with Crippen molar-refractivity contribution in [1.82, 2.24) is 0 Å². The summed E-state index contributed by atoms with van der Waals surface area (Å²) >= 11 is 13.5. The smallest absolute Gasteiger partial charge is 0.124 e. The second-order valence-electron chi connectivity index (χ2n) is 8.26. The molecule has 0 radical (unpaired) electrons. The van der Waals surface area contributed by atoms with Crippen LogP contribution in [0.2, 0.25) is 0 Å². The highest BCUT2D eigenvalue weighted by molar-refractivity contribution is 7.88. The van der Waals surface area contributed by atoms with Gasteiger partial charge in [0.25, 0.3) is 0 Å². The van der Waals surface area contributed by atoms with Crippen LogP contribution in [0.5, 0.6) is 0 Å². The fourth-order valence-electron chi connectivity index (χ4n) is 3.80. The summed E-state index contributed by atoms with van der Waals surface area (Å²) in [6.07, 6.45) is 9.23. The van der Waals surface area contributed by atoms with E-state index in [4.69, 9.17) is 23.2 Å². The summed E-state index contributed by atoms with van der Waals surface area (Å²) < 4.78 is 24.5. The minimum Gasteiger partial charge on any atom is -0.253 e. The predicted octanol–water partition coefficient (Wildman–Crippen LogP) is 8.41. The molecule has 0 spiro atoms. The second-order valence-corrected chi connectivity index (χ2v) is 13.7. The van der Waals surface area contributed by atoms with Gasteiger partial charge >= 0.3 is 0 Å². The number of halogens is 2. The summed E-state index contributed by atoms with van der Waals surface area (Å²) in [6, 6.07) is 19.0. The molecule has 2 aromatic carbocycles. The average molecular weight is 516 g/mol. The van der Waals surface area contributed by atoms with Crippen LogP contribution in [0.4, 0.5) is 0 Å². The van der Waals surface area contributed by atoms with Gasteiger partial charge < -0.3 is 0 Å². The van der Waals surface area contributed by atoms with Crippen molar-refractivity contribution in [3.05, 3.63) is 60.7 Å². The second kappa shape index (κ2) is 13.9. The Morgan fingerprint density at radius 1 is 0.594 bits per heavy atom. The summed E-state index contributed by atoms with van der Waals surface area (Å²) in [5.74, 6) is 0. The van der Waals surface area contributed by atoms with Gasteiger partial charge in [-0.2, -0.15) is 0 Å². The van der Waals surface area contributed by atoms with Gasteiger partial charge in [-0.3, -0.25) is 8.42 Å². The lowest BCUT2D eigenvalue weighted by Gasteiger charge is -2.25. The first kappa shape index (κ1) is 27.6. The van der Waals surface area contributed by atoms with E-state index in [9.17, 15) is 8.42 Å². The number of unbranched alkanes of at least 4 members (excludes halogenated alkanes) is 5. The lowest BCUT2D eigenvalue weighted by Crippen LogP contribution is -2.27. The van der Waals surface area contributed by atoms with Crippen molar-refractivity contribution in [2.75, 3.05) is 0 Å². The Balaban J connectivity index is 1.69. The van der Waals surface area contributed by atoms with Crippen molar-refractivity contribution in [2.24, 2.45) is 0 Å². The molecule has 2 aromatic rings. The van der Waals surface area contributed by atoms with Gasteiger partial charge in [-0.05, 0) is 49.9 Å². The zero-order valence-corrected chi connectivity index (χ0v) is 22.4. The van der Waals surface area contributed by atoms with Crippen LogP contribution in [0, 0.1) is 0 Å². The van der Waals surface area contributed by atoms with E-state index in [-0.39, 0.29) is 0 Å². The molecule has 178 valence electrons. The van der Waals surface area contributed by atoms with E-state index < -0.39 is 30.0 Å². The number of benzene rings is 2. The number of rotatable bonds is 15. The quantitative estimate of drug-likeness (QED) is 0.176. The molecule has 0 amide bonds. The van der Waals surface area contributed by atoms with E-state index in [2.05, 4.69) is 0 Å². The first-order chi connectivity index (χ1) is 15.4. The SMILES string of the molecule is CCC(Cl)(CCCCCCCCC(Cl)(CC)S(=O)c1ccccc1)S(=O)c1ccccc1. The molecule has 0 aliphatic rings. The maximum atomic E-state index is 12.9. The average Bonchev–Trinajstić information content (AvgIpc) is 2.85. The van der Waals surface area contributed by atoms with Crippen LogP contribution < -0.4 is 0 Å². The van der Waals surface area contributed by atoms with Crippen molar-refractivity contribution in [3.8, 4) is 0 Å². The molecule has 0 saturated carbocycles. The van der Waals surface area contributed by atoms with Gasteiger partial charge in [0.15, 0.2) is 0 Å². The van der Waals surface area contributed by atoms with E-state index in [1.807, 2.05) is 74.5 Å². The highest BCUT2D eigenvalue weighted by Crippen LogP contribution is 2.36. The minimum absolute atomic E-state index is 0.684. The zero-order chi connectivity index (χ0) is 23.5. The Bertz CT molecular complexity index is 776. The summed E-state index contributed by atoms with van der Waals surface area (Å²) in [7, 11) is -2.41. The van der Waals surface area contributed by atoms with Crippen molar-refractivity contribution >= 4 is 44.8 Å². The third-order valence-corrected chi connectivity index (χ3v) is 11.5. The molecular formula is C26H36Cl2O2S2. The molecule has 0 aromatic heterocycles. The first-order valence-electron chi connectivity index (χ1n) is 11.7. The first-order valence-corrected chi connectivity index (χ1v) is 14.7. The Morgan fingerprint density at radius 3 is 1.22 bits per heavy atom. The molecule has 4 atom stereocenters. The van der Waals surface area contributed by atoms with Gasteiger partial charge in [0.1, 0.15) is 8.41 Å². The third kappa shape index (κ3) is 7.97. The number of alkyl halides is 2. The largest absolute Gasteiger partial charge is 0.253 e. The molecule has 2 nitrogen and oxygen atoms in total. The minimum atomic E-state index is -1.21. The summed E-state index contributed by atoms with van der Waals surface area (Å²) in [5, 5.41) is 0. The van der Waals surface area contributed by atoms with Gasteiger partial charge in [-0.25, -0.2) is 0 Å². The van der Waals surface area contributed by atoms with Crippen LogP contribution in [0.1, 0.15) is 78.1 Å². The van der Waals surface area contributed by atoms with Crippen LogP contribution in [0.25, 0.3) is 0 Å². The Hall–Kier alpha value is -0.680. The monoisotopic (exact) mass is 514 g/mol. The fraction of sp³-hybridized carbons (Fsp3) is 0.538. The van der Waals surface area contributed by atoms with Gasteiger partial charge in [0.2, 0.25) is 0 Å². The van der Waals surface area contributed by atoms with Crippen LogP contribution >= 0.6 is 23.2 Å². The molecule has 32 heavy (non-hydrogen) atoms. The highest BCUT2D eigenvalue weighted by Gasteiger charge is 2.34. The van der Waals surface area contributed by atoms with Crippen LogP contribution in [0.3, 0.4) is 0 Å². The lowest BCUT2D eigenvalue weighted by molar-refractivity contribution is 0.526. The Labute approximate surface area is 209 Å². The van der Waals surface area contributed by atoms with Gasteiger partial charge in [0.05, 0.1) is 21.6 Å². The molecule has 0 bridgehead atoms. The third-order valence-electron chi connectivity index (χ3n) is 5.99. The summed E-state index contributed by atoms with van der Waals surface area (Å²) in [4.78, 5) is 1.61. The topological polar surface area (TPSA) is 34.1 Å². The molecule has 0 heterocycles. The molecule has 0 N–H and O–H groups in total. The Kier molecular flexibility index (Phi) is 12.0. The zero-order valence-electron chi connectivity index (χ0n) is 19.2. The standard InChI is InChI=1S/C26H36Cl2O2S2/c1-3-25(27,31(29)23-17-11-9-12-18-23)21-15-7-5-6-8-16-22-26(28,4-2)32(30)24-19-13-10-14-20-24/h9-14,17-20H,3-8,15-16,21-22H2,1-2H3. The van der Waals surface area contributed by atoms with E-state index in [0.29, 0.717) is 12.8 Å². The van der Waals surface area contributed by atoms with E-state index in [1.54, 1.807) is 0 Å². The number of hydrogen-bond acceptors (Lipinski definition) is 2. The molecular weight excluding hydrogens is 479 g/mol. The summed E-state index contributed by atoms with van der Waals surface area (Å²) in [5.41, 5.74) is 0. The lowest BCUT2D eigenvalue weighted by atomic mass is 10.0. The van der Waals surface area contributed by atoms with Gasteiger partial charge in [-0.1, -0.05) is 88.8 Å². The molecule has 0 aliphatic heterocycles. The molecule has 6 heteroatoms. The maximum Gasteiger partial charge on any atom is 0.124 e. The van der Waals surface area contributed by atoms with Crippen molar-refractivity contribution in [1.29, 1.82) is 0 Å². The number of hydrogen-bond donors (Lipinski definition) is 0. The van der Waals surface area contributed by atoms with Gasteiger partial charge in [0, 0.05) is 9.79 Å². The fourth-order valence-corrected chi connectivity index (χ4v) is 7.44. The molecule has 4 unspecified atom stereocenters. The van der Waals surface area contributed by atoms with Crippen LogP contribution in [0.15, 0.2) is 70.5 Å². The summed E-state index contributed by atoms with van der Waals surface area (Å²) in [6.45, 7) is 4.03. The molecule has 0 fully saturated rings. The molecule has 2 rings (SSSR count). The van der Waals surface area contributed by atoms with Crippen LogP contribution in [-0.4, -0.2) is 16.8 Å². The maximum absolute atomic E-state index is 12.9. The van der Waals surface area contributed by atoms with E-state index in [1.165, 1.54) is 0 Å². The molecule has 0 saturated heterocycles. The predicted molar refractivity (Wildman–Crippen MR) is 140 cm³/mol. The van der Waals surface area contributed by atoms with Crippen molar-refractivity contribution in [3.63, 3.8) is 0 Å². The Morgan fingerprint density at radius 2 is 0.906 bits per heavy atom. The van der Waals surface area contributed by atoms with Crippen molar-refractivity contribution < 1.29 is 8.42 Å². The highest BCUT2D eigenvalue weighted by atomic mass is 35.5. The van der Waals surface area contributed by atoms with E-state index >= 15 is 0 Å². The molecule has 0 aliphatic carbocycles. The van der Waals surface area contributed by atoms with Gasteiger partial charge in [-0.15, -0.1) is 23.2 Å².